The summed E-state index contributed by atoms with van der Waals surface area (Å²) in [6.45, 7) is 7.08. The Morgan fingerprint density at radius 3 is 2.25 bits per heavy atom. The molecule has 0 aliphatic carbocycles. The minimum absolute atomic E-state index is 0.0746. The maximum absolute atomic E-state index is 13.9. The van der Waals surface area contributed by atoms with Crippen LogP contribution < -0.4 is 10.1 Å². The van der Waals surface area contributed by atoms with Gasteiger partial charge in [0.1, 0.15) is 11.8 Å². The molecule has 0 saturated carbocycles. The van der Waals surface area contributed by atoms with Gasteiger partial charge < -0.3 is 15.0 Å². The van der Waals surface area contributed by atoms with Crippen LogP contribution in [0.4, 0.5) is 0 Å². The maximum atomic E-state index is 13.9. The summed E-state index contributed by atoms with van der Waals surface area (Å²) in [5, 5.41) is 3.07. The Bertz CT molecular complexity index is 1120. The van der Waals surface area contributed by atoms with Crippen molar-refractivity contribution < 1.29 is 14.3 Å². The van der Waals surface area contributed by atoms with Gasteiger partial charge >= 0.3 is 0 Å². The average Bonchev–Trinajstić information content (AvgIpc) is 2.86. The number of aryl methyl sites for hydroxylation is 2. The smallest absolute Gasteiger partial charge is 0.243 e. The molecule has 0 unspecified atom stereocenters. The highest BCUT2D eigenvalue weighted by atomic mass is 16.5. The van der Waals surface area contributed by atoms with Crippen LogP contribution in [0, 0.1) is 13.8 Å². The number of ether oxygens (including phenoxy) is 1. The molecule has 0 bridgehead atoms. The van der Waals surface area contributed by atoms with Gasteiger partial charge in [0.2, 0.25) is 11.8 Å². The van der Waals surface area contributed by atoms with Crippen molar-refractivity contribution in [2.24, 2.45) is 0 Å². The van der Waals surface area contributed by atoms with E-state index in [4.69, 9.17) is 4.74 Å². The first-order chi connectivity index (χ1) is 17.4. The number of benzene rings is 3. The second-order valence-electron chi connectivity index (χ2n) is 9.40. The van der Waals surface area contributed by atoms with E-state index in [1.165, 1.54) is 0 Å². The largest absolute Gasteiger partial charge is 0.497 e. The summed E-state index contributed by atoms with van der Waals surface area (Å²) in [7, 11) is 1.63. The summed E-state index contributed by atoms with van der Waals surface area (Å²) in [4.78, 5) is 29.1. The zero-order chi connectivity index (χ0) is 25.9. The number of hydrogen-bond acceptors (Lipinski definition) is 3. The van der Waals surface area contributed by atoms with Crippen LogP contribution in [-0.4, -0.2) is 36.4 Å². The topological polar surface area (TPSA) is 58.6 Å². The van der Waals surface area contributed by atoms with Crippen molar-refractivity contribution in [2.75, 3.05) is 13.7 Å². The second kappa shape index (κ2) is 13.5. The molecule has 36 heavy (non-hydrogen) atoms. The van der Waals surface area contributed by atoms with Crippen molar-refractivity contribution in [1.82, 2.24) is 10.2 Å². The Balaban J connectivity index is 1.97. The molecule has 2 amide bonds. The molecule has 3 aromatic rings. The molecule has 0 saturated heterocycles. The van der Waals surface area contributed by atoms with Gasteiger partial charge in [0.05, 0.1) is 13.5 Å². The molecule has 0 spiro atoms. The van der Waals surface area contributed by atoms with E-state index in [0.717, 1.165) is 46.4 Å². The minimum Gasteiger partial charge on any atom is -0.497 e. The van der Waals surface area contributed by atoms with Crippen LogP contribution in [0.2, 0.25) is 0 Å². The summed E-state index contributed by atoms with van der Waals surface area (Å²) < 4.78 is 5.41. The molecule has 1 atom stereocenters. The number of nitrogens with zero attached hydrogens (tertiary/aromatic N) is 1. The number of methoxy groups -OCH3 is 1. The standard InChI is InChI=1S/C31H38N2O3/c1-5-6-15-32-31(35)29(20-25-11-8-7-9-12-25)33(22-26-13-10-14-28(19-26)36-4)30(34)21-27-17-23(2)16-24(3)18-27/h7-14,16-19,29H,5-6,15,20-22H2,1-4H3,(H,32,35)/t29-/m0/s1. The predicted octanol–water partition coefficient (Wildman–Crippen LogP) is 5.41. The predicted molar refractivity (Wildman–Crippen MR) is 145 cm³/mol. The Kier molecular flexibility index (Phi) is 10.1. The van der Waals surface area contributed by atoms with Gasteiger partial charge in [0.15, 0.2) is 0 Å². The fourth-order valence-corrected chi connectivity index (χ4v) is 4.47. The van der Waals surface area contributed by atoms with Crippen LogP contribution in [0.3, 0.4) is 0 Å². The highest BCUT2D eigenvalue weighted by Crippen LogP contribution is 2.20. The molecule has 0 aliphatic heterocycles. The van der Waals surface area contributed by atoms with Gasteiger partial charge in [0.25, 0.3) is 0 Å². The third-order valence-electron chi connectivity index (χ3n) is 6.22. The molecule has 0 fully saturated rings. The molecule has 0 radical (unpaired) electrons. The number of unbranched alkanes of at least 4 members (excludes halogenated alkanes) is 1. The fraction of sp³-hybridized carbons (Fsp3) is 0.355. The van der Waals surface area contributed by atoms with Gasteiger partial charge in [-0.2, -0.15) is 0 Å². The minimum atomic E-state index is -0.631. The monoisotopic (exact) mass is 486 g/mol. The summed E-state index contributed by atoms with van der Waals surface area (Å²) in [5.41, 5.74) is 5.13. The zero-order valence-electron chi connectivity index (χ0n) is 21.9. The Morgan fingerprint density at radius 2 is 1.58 bits per heavy atom. The summed E-state index contributed by atoms with van der Waals surface area (Å²) in [6, 6.07) is 23.1. The van der Waals surface area contributed by atoms with E-state index in [1.807, 2.05) is 80.6 Å². The first kappa shape index (κ1) is 27.0. The van der Waals surface area contributed by atoms with Crippen LogP contribution in [0.15, 0.2) is 72.8 Å². The average molecular weight is 487 g/mol. The fourth-order valence-electron chi connectivity index (χ4n) is 4.47. The number of carbonyl (C=O) groups excluding carboxylic acids is 2. The van der Waals surface area contributed by atoms with Crippen LogP contribution in [0.1, 0.15) is 47.6 Å². The van der Waals surface area contributed by atoms with Crippen molar-refractivity contribution in [3.8, 4) is 5.75 Å². The summed E-state index contributed by atoms with van der Waals surface area (Å²) in [5.74, 6) is 0.527. The van der Waals surface area contributed by atoms with E-state index in [9.17, 15) is 9.59 Å². The van der Waals surface area contributed by atoms with Gasteiger partial charge in [-0.1, -0.05) is 85.1 Å². The van der Waals surface area contributed by atoms with Crippen molar-refractivity contribution >= 4 is 11.8 Å². The van der Waals surface area contributed by atoms with Crippen molar-refractivity contribution in [2.45, 2.75) is 59.0 Å². The first-order valence-electron chi connectivity index (χ1n) is 12.7. The maximum Gasteiger partial charge on any atom is 0.243 e. The number of carbonyl (C=O) groups is 2. The quantitative estimate of drug-likeness (QED) is 0.348. The van der Waals surface area contributed by atoms with Gasteiger partial charge in [-0.15, -0.1) is 0 Å². The van der Waals surface area contributed by atoms with Gasteiger partial charge in [-0.3, -0.25) is 9.59 Å². The molecule has 0 aliphatic rings. The highest BCUT2D eigenvalue weighted by molar-refractivity contribution is 5.88. The van der Waals surface area contributed by atoms with Gasteiger partial charge in [-0.25, -0.2) is 0 Å². The lowest BCUT2D eigenvalue weighted by molar-refractivity contribution is -0.140. The normalized spacial score (nSPS) is 11.6. The van der Waals surface area contributed by atoms with E-state index >= 15 is 0 Å². The first-order valence-corrected chi connectivity index (χ1v) is 12.7. The molecular formula is C31H38N2O3. The molecule has 3 aromatic carbocycles. The second-order valence-corrected chi connectivity index (χ2v) is 9.40. The van der Waals surface area contributed by atoms with E-state index in [0.29, 0.717) is 19.5 Å². The van der Waals surface area contributed by atoms with E-state index in [-0.39, 0.29) is 18.2 Å². The molecule has 5 heteroatoms. The third kappa shape index (κ3) is 7.98. The highest BCUT2D eigenvalue weighted by Gasteiger charge is 2.30. The van der Waals surface area contributed by atoms with E-state index < -0.39 is 6.04 Å². The van der Waals surface area contributed by atoms with E-state index in [1.54, 1.807) is 12.0 Å². The van der Waals surface area contributed by atoms with Crippen LogP contribution in [0.5, 0.6) is 5.75 Å². The lowest BCUT2D eigenvalue weighted by Gasteiger charge is -2.32. The van der Waals surface area contributed by atoms with Crippen LogP contribution in [0.25, 0.3) is 0 Å². The van der Waals surface area contributed by atoms with Gasteiger partial charge in [0, 0.05) is 19.5 Å². The molecule has 1 N–H and O–H groups in total. The molecule has 0 aromatic heterocycles. The van der Waals surface area contributed by atoms with Crippen molar-refractivity contribution in [3.63, 3.8) is 0 Å². The summed E-state index contributed by atoms with van der Waals surface area (Å²) in [6.07, 6.45) is 2.57. The summed E-state index contributed by atoms with van der Waals surface area (Å²) >= 11 is 0. The number of rotatable bonds is 12. The molecule has 5 nitrogen and oxygen atoms in total. The van der Waals surface area contributed by atoms with Gasteiger partial charge in [-0.05, 0) is 49.1 Å². The molecule has 0 heterocycles. The van der Waals surface area contributed by atoms with Crippen molar-refractivity contribution in [3.05, 3.63) is 101 Å². The zero-order valence-corrected chi connectivity index (χ0v) is 21.9. The molecule has 190 valence electrons. The van der Waals surface area contributed by atoms with Crippen LogP contribution in [-0.2, 0) is 29.0 Å². The van der Waals surface area contributed by atoms with E-state index in [2.05, 4.69) is 18.3 Å². The van der Waals surface area contributed by atoms with Crippen molar-refractivity contribution in [1.29, 1.82) is 0 Å². The molecular weight excluding hydrogens is 448 g/mol. The number of amides is 2. The lowest BCUT2D eigenvalue weighted by atomic mass is 10.00. The molecule has 3 rings (SSSR count). The van der Waals surface area contributed by atoms with Crippen LogP contribution >= 0.6 is 0 Å². The SMILES string of the molecule is CCCCNC(=O)[C@H](Cc1ccccc1)N(Cc1cccc(OC)c1)C(=O)Cc1cc(C)cc(C)c1. The third-order valence-corrected chi connectivity index (χ3v) is 6.22. The number of hydrogen-bond donors (Lipinski definition) is 1. The Morgan fingerprint density at radius 1 is 0.889 bits per heavy atom. The Labute approximate surface area is 215 Å². The Hall–Kier alpha value is -3.60. The lowest BCUT2D eigenvalue weighted by Crippen LogP contribution is -2.51. The number of nitrogens with one attached hydrogen (secondary N) is 1.